The van der Waals surface area contributed by atoms with Gasteiger partial charge in [-0.05, 0) is 38.5 Å². The average molecular weight is 444 g/mol. The smallest absolute Gasteiger partial charge is 0.408 e. The van der Waals surface area contributed by atoms with Gasteiger partial charge >= 0.3 is 18.0 Å². The molecule has 0 heterocycles. The first-order valence-electron chi connectivity index (χ1n) is 9.69. The fourth-order valence-electron chi connectivity index (χ4n) is 2.43. The molecule has 0 aliphatic carbocycles. The lowest BCUT2D eigenvalue weighted by atomic mass is 10.2. The molecule has 0 saturated heterocycles. The maximum atomic E-state index is 12.6. The van der Waals surface area contributed by atoms with Crippen LogP contribution >= 0.6 is 0 Å². The van der Waals surface area contributed by atoms with Gasteiger partial charge in [-0.1, -0.05) is 30.3 Å². The van der Waals surface area contributed by atoms with Crippen molar-refractivity contribution in [3.8, 4) is 5.75 Å². The number of rotatable bonds is 8. The molecular weight excluding hydrogens is 420 g/mol. The van der Waals surface area contributed by atoms with Gasteiger partial charge in [0.2, 0.25) is 0 Å². The van der Waals surface area contributed by atoms with Crippen LogP contribution in [-0.2, 0) is 25.7 Å². The third-order valence-electron chi connectivity index (χ3n) is 3.85. The summed E-state index contributed by atoms with van der Waals surface area (Å²) in [5.74, 6) is -1.69. The molecule has 0 radical (unpaired) electrons. The number of amides is 1. The standard InChI is InChI=1S/C22H24N2O8/c1-22(2,3)32-21(27)23-18(13-19(25)30-14-15-7-5-4-6-8-15)20(26)31-17-11-9-16(10-12-17)24(28)29/h4-12,18H,13-14H2,1-3H3,(H,23,27)/t18-/m1/s1. The first-order chi connectivity index (χ1) is 15.0. The third-order valence-corrected chi connectivity index (χ3v) is 3.85. The molecule has 0 aliphatic heterocycles. The van der Waals surface area contributed by atoms with Gasteiger partial charge in [-0.15, -0.1) is 0 Å². The molecule has 2 aromatic rings. The number of ether oxygens (including phenoxy) is 3. The molecule has 1 atom stereocenters. The predicted octanol–water partition coefficient (Wildman–Crippen LogP) is 3.53. The molecule has 0 bridgehead atoms. The summed E-state index contributed by atoms with van der Waals surface area (Å²) in [6.45, 7) is 4.93. The number of alkyl carbamates (subject to hydrolysis) is 1. The van der Waals surface area contributed by atoms with E-state index in [0.29, 0.717) is 0 Å². The first-order valence-corrected chi connectivity index (χ1v) is 9.69. The van der Waals surface area contributed by atoms with Gasteiger partial charge in [0.05, 0.1) is 11.3 Å². The molecule has 0 saturated carbocycles. The van der Waals surface area contributed by atoms with E-state index in [4.69, 9.17) is 14.2 Å². The fourth-order valence-corrected chi connectivity index (χ4v) is 2.43. The Morgan fingerprint density at radius 1 is 1.03 bits per heavy atom. The van der Waals surface area contributed by atoms with E-state index >= 15 is 0 Å². The number of benzene rings is 2. The maximum Gasteiger partial charge on any atom is 0.408 e. The molecule has 10 heteroatoms. The minimum atomic E-state index is -1.40. The van der Waals surface area contributed by atoms with E-state index < -0.39 is 41.0 Å². The van der Waals surface area contributed by atoms with Crippen LogP contribution < -0.4 is 10.1 Å². The average Bonchev–Trinajstić information content (AvgIpc) is 2.71. The number of carbonyl (C=O) groups is 3. The molecule has 32 heavy (non-hydrogen) atoms. The highest BCUT2D eigenvalue weighted by Gasteiger charge is 2.29. The zero-order valence-corrected chi connectivity index (χ0v) is 17.9. The van der Waals surface area contributed by atoms with E-state index in [-0.39, 0.29) is 18.0 Å². The molecule has 2 aromatic carbocycles. The van der Waals surface area contributed by atoms with E-state index in [1.807, 2.05) is 6.07 Å². The van der Waals surface area contributed by atoms with Crippen LogP contribution in [0.15, 0.2) is 54.6 Å². The number of nitro benzene ring substituents is 1. The zero-order valence-electron chi connectivity index (χ0n) is 17.9. The molecule has 10 nitrogen and oxygen atoms in total. The van der Waals surface area contributed by atoms with Crippen molar-refractivity contribution in [1.82, 2.24) is 5.32 Å². The molecule has 1 N–H and O–H groups in total. The van der Waals surface area contributed by atoms with Crippen LogP contribution in [-0.4, -0.2) is 34.6 Å². The molecule has 0 fully saturated rings. The summed E-state index contributed by atoms with van der Waals surface area (Å²) in [6, 6.07) is 12.3. The second kappa shape index (κ2) is 10.9. The van der Waals surface area contributed by atoms with Gasteiger partial charge in [0, 0.05) is 12.1 Å². The number of non-ortho nitro benzene ring substituents is 1. The van der Waals surface area contributed by atoms with Crippen LogP contribution in [0, 0.1) is 10.1 Å². The molecular formula is C22H24N2O8. The Morgan fingerprint density at radius 2 is 1.66 bits per heavy atom. The zero-order chi connectivity index (χ0) is 23.7. The number of esters is 2. The van der Waals surface area contributed by atoms with Crippen molar-refractivity contribution in [1.29, 1.82) is 0 Å². The SMILES string of the molecule is CC(C)(C)OC(=O)N[C@H](CC(=O)OCc1ccccc1)C(=O)Oc1ccc([N+](=O)[O-])cc1. The van der Waals surface area contributed by atoms with Crippen molar-refractivity contribution in [2.75, 3.05) is 0 Å². The molecule has 0 aliphatic rings. The number of hydrogen-bond acceptors (Lipinski definition) is 8. The molecule has 170 valence electrons. The predicted molar refractivity (Wildman–Crippen MR) is 113 cm³/mol. The van der Waals surface area contributed by atoms with Gasteiger partial charge in [0.15, 0.2) is 0 Å². The second-order valence-electron chi connectivity index (χ2n) is 7.72. The number of nitrogens with zero attached hydrogens (tertiary/aromatic N) is 1. The number of carbonyl (C=O) groups excluding carboxylic acids is 3. The molecule has 0 spiro atoms. The molecule has 0 unspecified atom stereocenters. The van der Waals surface area contributed by atoms with E-state index in [9.17, 15) is 24.5 Å². The lowest BCUT2D eigenvalue weighted by Gasteiger charge is -2.22. The Kier molecular flexibility index (Phi) is 8.28. The molecule has 1 amide bonds. The summed E-state index contributed by atoms with van der Waals surface area (Å²) < 4.78 is 15.5. The van der Waals surface area contributed by atoms with E-state index in [2.05, 4.69) is 5.32 Å². The highest BCUT2D eigenvalue weighted by molar-refractivity contribution is 5.87. The van der Waals surface area contributed by atoms with Gasteiger partial charge in [-0.3, -0.25) is 14.9 Å². The van der Waals surface area contributed by atoms with Crippen molar-refractivity contribution in [3.05, 3.63) is 70.3 Å². The highest BCUT2D eigenvalue weighted by Crippen LogP contribution is 2.18. The summed E-state index contributed by atoms with van der Waals surface area (Å²) in [4.78, 5) is 47.2. The van der Waals surface area contributed by atoms with Gasteiger partial charge in [-0.2, -0.15) is 0 Å². The Hall–Kier alpha value is -3.95. The van der Waals surface area contributed by atoms with Crippen LogP contribution in [0.1, 0.15) is 32.8 Å². The van der Waals surface area contributed by atoms with Crippen LogP contribution in [0.3, 0.4) is 0 Å². The van der Waals surface area contributed by atoms with Crippen molar-refractivity contribution in [3.63, 3.8) is 0 Å². The van der Waals surface area contributed by atoms with Crippen molar-refractivity contribution in [2.45, 2.75) is 45.4 Å². The second-order valence-corrected chi connectivity index (χ2v) is 7.72. The van der Waals surface area contributed by atoms with E-state index in [1.165, 1.54) is 12.1 Å². The lowest BCUT2D eigenvalue weighted by Crippen LogP contribution is -2.46. The van der Waals surface area contributed by atoms with E-state index in [0.717, 1.165) is 17.7 Å². The van der Waals surface area contributed by atoms with Crippen LogP contribution in [0.2, 0.25) is 0 Å². The van der Waals surface area contributed by atoms with Crippen molar-refractivity contribution in [2.24, 2.45) is 0 Å². The molecule has 0 aromatic heterocycles. The summed E-state index contributed by atoms with van der Waals surface area (Å²) in [5.41, 5.74) is -0.256. The minimum absolute atomic E-state index is 0.00374. The number of nitro groups is 1. The highest BCUT2D eigenvalue weighted by atomic mass is 16.6. The number of nitrogens with one attached hydrogen (secondary N) is 1. The van der Waals surface area contributed by atoms with Gasteiger partial charge in [0.1, 0.15) is 24.0 Å². The van der Waals surface area contributed by atoms with Crippen LogP contribution in [0.5, 0.6) is 5.75 Å². The Balaban J connectivity index is 2.06. The summed E-state index contributed by atoms with van der Waals surface area (Å²) >= 11 is 0. The van der Waals surface area contributed by atoms with Crippen LogP contribution in [0.25, 0.3) is 0 Å². The topological polar surface area (TPSA) is 134 Å². The first kappa shape index (κ1) is 24.3. The summed E-state index contributed by atoms with van der Waals surface area (Å²) in [7, 11) is 0. The fraction of sp³-hybridized carbons (Fsp3) is 0.318. The summed E-state index contributed by atoms with van der Waals surface area (Å²) in [6.07, 6.45) is -1.42. The minimum Gasteiger partial charge on any atom is -0.461 e. The van der Waals surface area contributed by atoms with Crippen molar-refractivity contribution < 1.29 is 33.5 Å². The molecule has 2 rings (SSSR count). The summed E-state index contributed by atoms with van der Waals surface area (Å²) in [5, 5.41) is 13.1. The van der Waals surface area contributed by atoms with E-state index in [1.54, 1.807) is 45.0 Å². The number of hydrogen-bond donors (Lipinski definition) is 1. The Labute approximate surface area is 184 Å². The Morgan fingerprint density at radius 3 is 2.22 bits per heavy atom. The Bertz CT molecular complexity index is 952. The van der Waals surface area contributed by atoms with Gasteiger partial charge < -0.3 is 19.5 Å². The quantitative estimate of drug-likeness (QED) is 0.283. The third kappa shape index (κ3) is 8.42. The van der Waals surface area contributed by atoms with Crippen molar-refractivity contribution >= 4 is 23.7 Å². The largest absolute Gasteiger partial charge is 0.461 e. The van der Waals surface area contributed by atoms with Gasteiger partial charge in [-0.25, -0.2) is 9.59 Å². The normalized spacial score (nSPS) is 11.7. The lowest BCUT2D eigenvalue weighted by molar-refractivity contribution is -0.384. The maximum absolute atomic E-state index is 12.6. The van der Waals surface area contributed by atoms with Crippen LogP contribution in [0.4, 0.5) is 10.5 Å². The monoisotopic (exact) mass is 444 g/mol. The van der Waals surface area contributed by atoms with Gasteiger partial charge in [0.25, 0.3) is 5.69 Å².